The molecule has 3 N–H and O–H groups in total. The van der Waals surface area contributed by atoms with E-state index in [1.807, 2.05) is 0 Å². The number of nitrogens with two attached hydrogens (primary N) is 1. The second-order valence-corrected chi connectivity index (χ2v) is 6.16. The van der Waals surface area contributed by atoms with Crippen LogP contribution in [0.1, 0.15) is 31.2 Å². The van der Waals surface area contributed by atoms with Gasteiger partial charge in [0.15, 0.2) is 0 Å². The molecule has 1 unspecified atom stereocenters. The van der Waals surface area contributed by atoms with E-state index in [0.717, 1.165) is 31.4 Å². The first-order valence-corrected chi connectivity index (χ1v) is 8.43. The molecule has 1 aliphatic rings. The standard InChI is InChI=1S/C17H24F3N3O2/c18-17(19,20)25-15-6-3-4-13(10-15)12-23-9-2-1-5-14(23)11-22-16(24)7-8-21/h3-4,6,10,14H,1-2,5,7-9,11-12,21H2,(H,22,24). The van der Waals surface area contributed by atoms with Crippen LogP contribution in [0.2, 0.25) is 0 Å². The van der Waals surface area contributed by atoms with Crippen molar-refractivity contribution in [1.29, 1.82) is 0 Å². The van der Waals surface area contributed by atoms with Crippen LogP contribution in [-0.2, 0) is 11.3 Å². The molecule has 1 aromatic carbocycles. The summed E-state index contributed by atoms with van der Waals surface area (Å²) < 4.78 is 41.0. The van der Waals surface area contributed by atoms with Gasteiger partial charge in [-0.05, 0) is 37.1 Å². The predicted octanol–water partition coefficient (Wildman–Crippen LogP) is 2.40. The van der Waals surface area contributed by atoms with Gasteiger partial charge in [-0.3, -0.25) is 9.69 Å². The van der Waals surface area contributed by atoms with Crippen LogP contribution in [0.25, 0.3) is 0 Å². The number of nitrogens with one attached hydrogen (secondary N) is 1. The Morgan fingerprint density at radius 1 is 1.36 bits per heavy atom. The number of hydrogen-bond donors (Lipinski definition) is 2. The topological polar surface area (TPSA) is 67.6 Å². The zero-order chi connectivity index (χ0) is 18.3. The molecule has 5 nitrogen and oxygen atoms in total. The lowest BCUT2D eigenvalue weighted by molar-refractivity contribution is -0.274. The average molecular weight is 359 g/mol. The number of rotatable bonds is 7. The molecule has 0 saturated carbocycles. The van der Waals surface area contributed by atoms with Crippen LogP contribution in [0.3, 0.4) is 0 Å². The molecule has 1 aliphatic heterocycles. The number of halogens is 3. The first-order chi connectivity index (χ1) is 11.9. The highest BCUT2D eigenvalue weighted by Crippen LogP contribution is 2.25. The molecular formula is C17H24F3N3O2. The van der Waals surface area contributed by atoms with Gasteiger partial charge in [-0.15, -0.1) is 13.2 Å². The Hall–Kier alpha value is -1.80. The van der Waals surface area contributed by atoms with E-state index >= 15 is 0 Å². The maximum Gasteiger partial charge on any atom is 0.573 e. The van der Waals surface area contributed by atoms with Gasteiger partial charge in [0.25, 0.3) is 0 Å². The molecule has 0 spiro atoms. The van der Waals surface area contributed by atoms with E-state index in [1.165, 1.54) is 12.1 Å². The van der Waals surface area contributed by atoms with Gasteiger partial charge in [0.1, 0.15) is 5.75 Å². The number of amides is 1. The minimum Gasteiger partial charge on any atom is -0.406 e. The molecule has 0 bridgehead atoms. The highest BCUT2D eigenvalue weighted by Gasteiger charge is 2.31. The second kappa shape index (κ2) is 9.05. The number of hydrogen-bond acceptors (Lipinski definition) is 4. The first kappa shape index (κ1) is 19.5. The molecule has 1 aromatic rings. The predicted molar refractivity (Wildman–Crippen MR) is 87.9 cm³/mol. The maximum atomic E-state index is 12.4. The van der Waals surface area contributed by atoms with E-state index < -0.39 is 6.36 Å². The normalized spacial score (nSPS) is 18.8. The molecule has 1 heterocycles. The van der Waals surface area contributed by atoms with Crippen molar-refractivity contribution in [2.24, 2.45) is 5.73 Å². The van der Waals surface area contributed by atoms with Gasteiger partial charge in [0.2, 0.25) is 5.91 Å². The van der Waals surface area contributed by atoms with E-state index in [4.69, 9.17) is 5.73 Å². The minimum atomic E-state index is -4.69. The molecule has 0 aromatic heterocycles. The second-order valence-electron chi connectivity index (χ2n) is 6.16. The van der Waals surface area contributed by atoms with Crippen molar-refractivity contribution in [1.82, 2.24) is 10.2 Å². The van der Waals surface area contributed by atoms with Crippen LogP contribution in [0, 0.1) is 0 Å². The van der Waals surface area contributed by atoms with Crippen molar-refractivity contribution < 1.29 is 22.7 Å². The molecule has 1 fully saturated rings. The molecule has 1 saturated heterocycles. The molecular weight excluding hydrogens is 335 g/mol. The van der Waals surface area contributed by atoms with Crippen LogP contribution in [0.5, 0.6) is 5.75 Å². The Labute approximate surface area is 145 Å². The van der Waals surface area contributed by atoms with Crippen LogP contribution in [0.4, 0.5) is 13.2 Å². The molecule has 2 rings (SSSR count). The molecule has 1 amide bonds. The Bertz CT molecular complexity index is 566. The number of likely N-dealkylation sites (tertiary alicyclic amines) is 1. The Morgan fingerprint density at radius 3 is 2.88 bits per heavy atom. The van der Waals surface area contributed by atoms with Crippen molar-refractivity contribution >= 4 is 5.91 Å². The zero-order valence-electron chi connectivity index (χ0n) is 14.0. The van der Waals surface area contributed by atoms with Gasteiger partial charge < -0.3 is 15.8 Å². The summed E-state index contributed by atoms with van der Waals surface area (Å²) in [6.45, 7) is 2.21. The van der Waals surface area contributed by atoms with Crippen LogP contribution >= 0.6 is 0 Å². The van der Waals surface area contributed by atoms with E-state index in [2.05, 4.69) is 15.0 Å². The first-order valence-electron chi connectivity index (χ1n) is 8.43. The maximum absolute atomic E-state index is 12.4. The summed E-state index contributed by atoms with van der Waals surface area (Å²) in [5.74, 6) is -0.289. The number of alkyl halides is 3. The van der Waals surface area contributed by atoms with E-state index in [-0.39, 0.29) is 17.7 Å². The Balaban J connectivity index is 1.96. The van der Waals surface area contributed by atoms with Gasteiger partial charge in [0.05, 0.1) is 0 Å². The summed E-state index contributed by atoms with van der Waals surface area (Å²) in [6.07, 6.45) is -1.35. The zero-order valence-corrected chi connectivity index (χ0v) is 14.0. The summed E-state index contributed by atoms with van der Waals surface area (Å²) in [6, 6.07) is 6.20. The summed E-state index contributed by atoms with van der Waals surface area (Å²) in [4.78, 5) is 13.8. The van der Waals surface area contributed by atoms with Crippen molar-refractivity contribution in [2.45, 2.75) is 44.6 Å². The van der Waals surface area contributed by atoms with Crippen LogP contribution in [-0.4, -0.2) is 42.8 Å². The van der Waals surface area contributed by atoms with Gasteiger partial charge in [-0.25, -0.2) is 0 Å². The number of piperidine rings is 1. The van der Waals surface area contributed by atoms with Crippen LogP contribution < -0.4 is 15.8 Å². The average Bonchev–Trinajstić information content (AvgIpc) is 2.53. The van der Waals surface area contributed by atoms with Gasteiger partial charge in [-0.2, -0.15) is 0 Å². The van der Waals surface area contributed by atoms with Gasteiger partial charge in [-0.1, -0.05) is 18.6 Å². The monoisotopic (exact) mass is 359 g/mol. The van der Waals surface area contributed by atoms with E-state index in [1.54, 1.807) is 12.1 Å². The van der Waals surface area contributed by atoms with E-state index in [0.29, 0.717) is 26.1 Å². The Kier molecular flexibility index (Phi) is 7.07. The smallest absolute Gasteiger partial charge is 0.406 e. The molecule has 0 radical (unpaired) electrons. The number of benzene rings is 1. The lowest BCUT2D eigenvalue weighted by Crippen LogP contribution is -2.46. The quantitative estimate of drug-likeness (QED) is 0.785. The lowest BCUT2D eigenvalue weighted by atomic mass is 10.0. The van der Waals surface area contributed by atoms with E-state index in [9.17, 15) is 18.0 Å². The third kappa shape index (κ3) is 6.91. The number of carbonyl (C=O) groups excluding carboxylic acids is 1. The number of ether oxygens (including phenoxy) is 1. The van der Waals surface area contributed by atoms with Crippen molar-refractivity contribution in [3.63, 3.8) is 0 Å². The molecule has 25 heavy (non-hydrogen) atoms. The minimum absolute atomic E-state index is 0.0754. The molecule has 140 valence electrons. The van der Waals surface area contributed by atoms with Crippen molar-refractivity contribution in [3.8, 4) is 5.75 Å². The Morgan fingerprint density at radius 2 is 2.16 bits per heavy atom. The third-order valence-electron chi connectivity index (χ3n) is 4.17. The van der Waals surface area contributed by atoms with Crippen molar-refractivity contribution in [3.05, 3.63) is 29.8 Å². The summed E-state index contributed by atoms with van der Waals surface area (Å²) >= 11 is 0. The molecule has 1 atom stereocenters. The number of carbonyl (C=O) groups is 1. The van der Waals surface area contributed by atoms with Gasteiger partial charge in [0, 0.05) is 32.1 Å². The van der Waals surface area contributed by atoms with Crippen molar-refractivity contribution in [2.75, 3.05) is 19.6 Å². The fraction of sp³-hybridized carbons (Fsp3) is 0.588. The fourth-order valence-corrected chi connectivity index (χ4v) is 3.03. The molecule has 0 aliphatic carbocycles. The highest BCUT2D eigenvalue weighted by atomic mass is 19.4. The highest BCUT2D eigenvalue weighted by molar-refractivity contribution is 5.76. The van der Waals surface area contributed by atoms with Crippen LogP contribution in [0.15, 0.2) is 24.3 Å². The summed E-state index contributed by atoms with van der Waals surface area (Å²) in [7, 11) is 0. The lowest BCUT2D eigenvalue weighted by Gasteiger charge is -2.36. The fourth-order valence-electron chi connectivity index (χ4n) is 3.03. The molecule has 8 heteroatoms. The third-order valence-corrected chi connectivity index (χ3v) is 4.17. The summed E-state index contributed by atoms with van der Waals surface area (Å²) in [5.41, 5.74) is 6.11. The largest absolute Gasteiger partial charge is 0.573 e. The SMILES string of the molecule is NCCC(=O)NCC1CCCCN1Cc1cccc(OC(F)(F)F)c1. The van der Waals surface area contributed by atoms with Gasteiger partial charge >= 0.3 is 6.36 Å². The summed E-state index contributed by atoms with van der Waals surface area (Å²) in [5, 5.41) is 2.88. The number of nitrogens with zero attached hydrogens (tertiary/aromatic N) is 1.